The van der Waals surface area contributed by atoms with Gasteiger partial charge >= 0.3 is 0 Å². The molecule has 2 aromatic heterocycles. The Kier molecular flexibility index (Phi) is 4.44. The first kappa shape index (κ1) is 17.6. The first-order valence-corrected chi connectivity index (χ1v) is 8.31. The molecule has 0 unspecified atom stereocenters. The van der Waals surface area contributed by atoms with Gasteiger partial charge in [0.2, 0.25) is 11.3 Å². The van der Waals surface area contributed by atoms with Crippen molar-refractivity contribution < 1.29 is 13.4 Å². The average Bonchev–Trinajstić information content (AvgIpc) is 3.12. The Bertz CT molecular complexity index is 1160. The molecule has 0 aliphatic heterocycles. The van der Waals surface area contributed by atoms with E-state index in [-0.39, 0.29) is 34.3 Å². The maximum absolute atomic E-state index is 14.4. The van der Waals surface area contributed by atoms with Crippen LogP contribution in [-0.2, 0) is 0 Å². The maximum Gasteiger partial charge on any atom is 0.245 e. The first-order valence-electron chi connectivity index (χ1n) is 8.31. The van der Waals surface area contributed by atoms with Crippen LogP contribution in [0.1, 0.15) is 5.56 Å². The van der Waals surface area contributed by atoms with Crippen LogP contribution in [0.15, 0.2) is 41.0 Å². The Morgan fingerprint density at radius 3 is 1.93 bits per heavy atom. The molecule has 8 nitrogen and oxygen atoms in total. The van der Waals surface area contributed by atoms with Crippen LogP contribution in [0.4, 0.5) is 37.5 Å². The zero-order chi connectivity index (χ0) is 19.7. The number of rotatable bonds is 5. The van der Waals surface area contributed by atoms with Crippen LogP contribution in [0, 0.1) is 18.6 Å². The minimum atomic E-state index is -0.500. The van der Waals surface area contributed by atoms with Gasteiger partial charge in [-0.05, 0) is 53.1 Å². The summed E-state index contributed by atoms with van der Waals surface area (Å²) in [6.07, 6.45) is 0. The van der Waals surface area contributed by atoms with Gasteiger partial charge in [0.05, 0.1) is 11.4 Å². The Morgan fingerprint density at radius 2 is 1.39 bits per heavy atom. The molecular formula is C18H15F2N7O. The third-order valence-electron chi connectivity index (χ3n) is 4.00. The highest BCUT2D eigenvalue weighted by Crippen LogP contribution is 2.29. The lowest BCUT2D eigenvalue weighted by Crippen LogP contribution is -2.05. The smallest absolute Gasteiger partial charge is 0.245 e. The van der Waals surface area contributed by atoms with Crippen molar-refractivity contribution in [2.24, 2.45) is 0 Å². The normalized spacial score (nSPS) is 10.9. The summed E-state index contributed by atoms with van der Waals surface area (Å²) in [7, 11) is 1.69. The number of aromatic nitrogens is 4. The monoisotopic (exact) mass is 383 g/mol. The van der Waals surface area contributed by atoms with Crippen LogP contribution in [-0.4, -0.2) is 27.3 Å². The van der Waals surface area contributed by atoms with Gasteiger partial charge in [0.25, 0.3) is 0 Å². The summed E-state index contributed by atoms with van der Waals surface area (Å²) >= 11 is 0. The van der Waals surface area contributed by atoms with Gasteiger partial charge in [-0.3, -0.25) is 0 Å². The van der Waals surface area contributed by atoms with E-state index in [1.54, 1.807) is 38.2 Å². The van der Waals surface area contributed by atoms with Crippen molar-refractivity contribution in [1.29, 1.82) is 0 Å². The number of halogens is 2. The lowest BCUT2D eigenvalue weighted by molar-refractivity contribution is 0.314. The molecule has 3 N–H and O–H groups in total. The zero-order valence-electron chi connectivity index (χ0n) is 14.9. The maximum atomic E-state index is 14.4. The molecule has 28 heavy (non-hydrogen) atoms. The molecule has 4 aromatic rings. The van der Waals surface area contributed by atoms with E-state index in [1.165, 1.54) is 12.1 Å². The number of aryl methyl sites for hydroxylation is 1. The van der Waals surface area contributed by atoms with Crippen LogP contribution < -0.4 is 16.0 Å². The number of anilines is 5. The largest absolute Gasteiger partial charge is 0.388 e. The SMILES string of the molecule is CNc1ccc(Nc2nc3nonc3nc2Nc2ccc(C)cc2F)c(F)c1. The average molecular weight is 383 g/mol. The third kappa shape index (κ3) is 3.39. The highest BCUT2D eigenvalue weighted by Gasteiger charge is 2.16. The summed E-state index contributed by atoms with van der Waals surface area (Å²) in [4.78, 5) is 8.50. The molecule has 0 spiro atoms. The van der Waals surface area contributed by atoms with Crippen molar-refractivity contribution in [3.05, 3.63) is 53.6 Å². The summed E-state index contributed by atoms with van der Waals surface area (Å²) in [6.45, 7) is 1.78. The first-order chi connectivity index (χ1) is 13.5. The van der Waals surface area contributed by atoms with Crippen LogP contribution in [0.5, 0.6) is 0 Å². The van der Waals surface area contributed by atoms with Crippen LogP contribution in [0.2, 0.25) is 0 Å². The minimum Gasteiger partial charge on any atom is -0.388 e. The second-order valence-electron chi connectivity index (χ2n) is 6.01. The van der Waals surface area contributed by atoms with Gasteiger partial charge < -0.3 is 16.0 Å². The molecule has 2 heterocycles. The third-order valence-corrected chi connectivity index (χ3v) is 4.00. The summed E-state index contributed by atoms with van der Waals surface area (Å²) in [5.74, 6) is -0.683. The summed E-state index contributed by atoms with van der Waals surface area (Å²) in [6, 6.07) is 9.28. The molecule has 142 valence electrons. The van der Waals surface area contributed by atoms with Crippen LogP contribution in [0.3, 0.4) is 0 Å². The predicted octanol–water partition coefficient (Wildman–Crippen LogP) is 4.13. The molecule has 0 bridgehead atoms. The molecule has 10 heteroatoms. The van der Waals surface area contributed by atoms with Crippen LogP contribution in [0.25, 0.3) is 11.3 Å². The van der Waals surface area contributed by atoms with E-state index in [1.807, 2.05) is 0 Å². The van der Waals surface area contributed by atoms with E-state index in [2.05, 4.69) is 40.9 Å². The van der Waals surface area contributed by atoms with Gasteiger partial charge in [0, 0.05) is 12.7 Å². The quantitative estimate of drug-likeness (QED) is 0.473. The highest BCUT2D eigenvalue weighted by molar-refractivity contribution is 5.79. The molecule has 0 radical (unpaired) electrons. The van der Waals surface area contributed by atoms with E-state index in [9.17, 15) is 8.78 Å². The molecule has 0 saturated heterocycles. The summed E-state index contributed by atoms with van der Waals surface area (Å²) in [5, 5.41) is 15.9. The van der Waals surface area contributed by atoms with Crippen molar-refractivity contribution in [2.45, 2.75) is 6.92 Å². The molecule has 0 aliphatic rings. The lowest BCUT2D eigenvalue weighted by Gasteiger charge is -2.13. The molecule has 0 aliphatic carbocycles. The topological polar surface area (TPSA) is 101 Å². The van der Waals surface area contributed by atoms with Crippen molar-refractivity contribution in [3.63, 3.8) is 0 Å². The molecule has 4 rings (SSSR count). The fourth-order valence-electron chi connectivity index (χ4n) is 2.56. The van der Waals surface area contributed by atoms with Gasteiger partial charge in [-0.25, -0.2) is 23.4 Å². The van der Waals surface area contributed by atoms with Crippen molar-refractivity contribution in [3.8, 4) is 0 Å². The number of fused-ring (bicyclic) bond motifs is 1. The molecule has 0 saturated carbocycles. The fraction of sp³-hybridized carbons (Fsp3) is 0.111. The molecular weight excluding hydrogens is 368 g/mol. The second kappa shape index (κ2) is 7.06. The number of hydrogen-bond acceptors (Lipinski definition) is 8. The molecule has 0 atom stereocenters. The Balaban J connectivity index is 1.75. The molecule has 0 fully saturated rings. The number of benzene rings is 2. The number of nitrogens with one attached hydrogen (secondary N) is 3. The summed E-state index contributed by atoms with van der Waals surface area (Å²) in [5.41, 5.74) is 2.00. The van der Waals surface area contributed by atoms with E-state index in [4.69, 9.17) is 0 Å². The standard InChI is InChI=1S/C18H15F2N7O/c1-9-3-5-13(11(19)7-9)22-15-16(25-18-17(24-15)26-28-27-18)23-14-6-4-10(21-2)8-12(14)20/h3-8,21H,1-2H3,(H,22,24,26)(H,23,25,27). The van der Waals surface area contributed by atoms with Gasteiger partial charge in [0.1, 0.15) is 11.6 Å². The fourth-order valence-corrected chi connectivity index (χ4v) is 2.56. The van der Waals surface area contributed by atoms with Gasteiger partial charge in [-0.1, -0.05) is 6.07 Å². The Labute approximate surface area is 158 Å². The highest BCUT2D eigenvalue weighted by atomic mass is 19.1. The van der Waals surface area contributed by atoms with Crippen LogP contribution >= 0.6 is 0 Å². The van der Waals surface area contributed by atoms with Gasteiger partial charge in [-0.15, -0.1) is 0 Å². The summed E-state index contributed by atoms with van der Waals surface area (Å²) < 4.78 is 33.2. The van der Waals surface area contributed by atoms with Crippen molar-refractivity contribution in [2.75, 3.05) is 23.0 Å². The van der Waals surface area contributed by atoms with E-state index >= 15 is 0 Å². The van der Waals surface area contributed by atoms with E-state index in [0.29, 0.717) is 5.69 Å². The Morgan fingerprint density at radius 1 is 0.821 bits per heavy atom. The minimum absolute atomic E-state index is 0.129. The predicted molar refractivity (Wildman–Crippen MR) is 101 cm³/mol. The zero-order valence-corrected chi connectivity index (χ0v) is 14.9. The Hall–Kier alpha value is -3.82. The van der Waals surface area contributed by atoms with E-state index < -0.39 is 11.6 Å². The second-order valence-corrected chi connectivity index (χ2v) is 6.01. The van der Waals surface area contributed by atoms with Crippen molar-refractivity contribution >= 4 is 40.0 Å². The van der Waals surface area contributed by atoms with E-state index in [0.717, 1.165) is 5.56 Å². The van der Waals surface area contributed by atoms with Crippen molar-refractivity contribution in [1.82, 2.24) is 20.3 Å². The molecule has 2 aromatic carbocycles. The van der Waals surface area contributed by atoms with Gasteiger partial charge in [-0.2, -0.15) is 0 Å². The molecule has 0 amide bonds. The van der Waals surface area contributed by atoms with Gasteiger partial charge in [0.15, 0.2) is 11.6 Å². The lowest BCUT2D eigenvalue weighted by atomic mass is 10.2. The number of nitrogens with zero attached hydrogens (tertiary/aromatic N) is 4. The number of hydrogen-bond donors (Lipinski definition) is 3.